The Labute approximate surface area is 84.2 Å². The van der Waals surface area contributed by atoms with E-state index in [-0.39, 0.29) is 5.97 Å². The lowest BCUT2D eigenvalue weighted by molar-refractivity contribution is -0.136. The van der Waals surface area contributed by atoms with Crippen LogP contribution in [0.2, 0.25) is 0 Å². The van der Waals surface area contributed by atoms with Crippen molar-refractivity contribution in [1.82, 2.24) is 0 Å². The summed E-state index contributed by atoms with van der Waals surface area (Å²) in [4.78, 5) is 11.4. The van der Waals surface area contributed by atoms with Crippen LogP contribution in [0.15, 0.2) is 30.8 Å². The maximum atomic E-state index is 11.4. The van der Waals surface area contributed by atoms with E-state index in [2.05, 4.69) is 6.58 Å². The molecule has 0 atom stereocenters. The van der Waals surface area contributed by atoms with Crippen molar-refractivity contribution in [1.29, 1.82) is 0 Å². The average molecular weight is 190 g/mol. The quantitative estimate of drug-likeness (QED) is 0.541. The Morgan fingerprint density at radius 2 is 2.07 bits per heavy atom. The lowest BCUT2D eigenvalue weighted by atomic mass is 10.0. The zero-order valence-corrected chi connectivity index (χ0v) is 8.54. The van der Waals surface area contributed by atoms with Gasteiger partial charge in [-0.3, -0.25) is 0 Å². The van der Waals surface area contributed by atoms with Gasteiger partial charge >= 0.3 is 5.97 Å². The van der Waals surface area contributed by atoms with E-state index in [1.807, 2.05) is 31.2 Å². The van der Waals surface area contributed by atoms with Crippen molar-refractivity contribution < 1.29 is 9.53 Å². The van der Waals surface area contributed by atoms with Crippen LogP contribution in [0.25, 0.3) is 5.57 Å². The molecule has 0 aliphatic rings. The molecule has 0 aromatic heterocycles. The van der Waals surface area contributed by atoms with Gasteiger partial charge in [0.25, 0.3) is 0 Å². The van der Waals surface area contributed by atoms with E-state index in [0.717, 1.165) is 11.1 Å². The van der Waals surface area contributed by atoms with Crippen LogP contribution in [0.5, 0.6) is 0 Å². The molecule has 2 heteroatoms. The lowest BCUT2D eigenvalue weighted by Crippen LogP contribution is -2.06. The first-order valence-corrected chi connectivity index (χ1v) is 4.58. The molecule has 74 valence electrons. The smallest absolute Gasteiger partial charge is 0.338 e. The summed E-state index contributed by atoms with van der Waals surface area (Å²) in [6.07, 6.45) is 0. The maximum absolute atomic E-state index is 11.4. The molecule has 1 aromatic rings. The molecule has 0 radical (unpaired) electrons. The van der Waals surface area contributed by atoms with Gasteiger partial charge in [0, 0.05) is 0 Å². The van der Waals surface area contributed by atoms with Crippen molar-refractivity contribution in [3.8, 4) is 0 Å². The van der Waals surface area contributed by atoms with E-state index >= 15 is 0 Å². The molecule has 1 aromatic carbocycles. The van der Waals surface area contributed by atoms with Crippen LogP contribution in [0.1, 0.15) is 18.1 Å². The number of aryl methyl sites for hydroxylation is 1. The highest BCUT2D eigenvalue weighted by molar-refractivity contribution is 6.15. The Morgan fingerprint density at radius 3 is 2.64 bits per heavy atom. The Balaban J connectivity index is 2.90. The lowest BCUT2D eigenvalue weighted by Gasteiger charge is -2.07. The number of rotatable bonds is 3. The van der Waals surface area contributed by atoms with Gasteiger partial charge in [-0.15, -0.1) is 0 Å². The highest BCUT2D eigenvalue weighted by Gasteiger charge is 2.11. The first-order valence-electron chi connectivity index (χ1n) is 4.58. The van der Waals surface area contributed by atoms with Gasteiger partial charge < -0.3 is 4.74 Å². The summed E-state index contributed by atoms with van der Waals surface area (Å²) in [7, 11) is 0. The second-order valence-electron chi connectivity index (χ2n) is 3.01. The Bertz CT molecular complexity index is 353. The fourth-order valence-corrected chi connectivity index (χ4v) is 1.24. The van der Waals surface area contributed by atoms with E-state index < -0.39 is 0 Å². The van der Waals surface area contributed by atoms with Crippen LogP contribution in [0.3, 0.4) is 0 Å². The maximum Gasteiger partial charge on any atom is 0.338 e. The molecule has 0 aliphatic heterocycles. The van der Waals surface area contributed by atoms with Gasteiger partial charge in [0.1, 0.15) is 0 Å². The Kier molecular flexibility index (Phi) is 3.46. The van der Waals surface area contributed by atoms with Crippen LogP contribution in [-0.4, -0.2) is 12.6 Å². The van der Waals surface area contributed by atoms with E-state index in [0.29, 0.717) is 12.2 Å². The van der Waals surface area contributed by atoms with Crippen molar-refractivity contribution in [3.63, 3.8) is 0 Å². The Hall–Kier alpha value is -1.57. The molecule has 0 unspecified atom stereocenters. The van der Waals surface area contributed by atoms with Gasteiger partial charge in [0.15, 0.2) is 0 Å². The minimum atomic E-state index is -0.346. The predicted octanol–water partition coefficient (Wildman–Crippen LogP) is 2.57. The molecule has 0 saturated heterocycles. The normalized spacial score (nSPS) is 9.57. The first-order chi connectivity index (χ1) is 6.66. The van der Waals surface area contributed by atoms with Gasteiger partial charge in [-0.25, -0.2) is 4.79 Å². The number of ether oxygens (including phenoxy) is 1. The molecular formula is C12H14O2. The zero-order valence-electron chi connectivity index (χ0n) is 8.54. The Morgan fingerprint density at radius 1 is 1.43 bits per heavy atom. The molecular weight excluding hydrogens is 176 g/mol. The molecule has 0 fully saturated rings. The standard InChI is InChI=1S/C12H14O2/c1-4-14-12(13)10(3)11-8-6-5-7-9(11)2/h5-8H,3-4H2,1-2H3. The summed E-state index contributed by atoms with van der Waals surface area (Å²) in [5, 5.41) is 0. The number of hydrogen-bond acceptors (Lipinski definition) is 2. The number of carbonyl (C=O) groups excluding carboxylic acids is 1. The van der Waals surface area contributed by atoms with Crippen LogP contribution >= 0.6 is 0 Å². The molecule has 0 saturated carbocycles. The summed E-state index contributed by atoms with van der Waals surface area (Å²) in [6.45, 7) is 7.83. The largest absolute Gasteiger partial charge is 0.462 e. The minimum absolute atomic E-state index is 0.346. The van der Waals surface area contributed by atoms with Gasteiger partial charge in [-0.1, -0.05) is 30.8 Å². The molecule has 0 N–H and O–H groups in total. The second-order valence-corrected chi connectivity index (χ2v) is 3.01. The number of benzene rings is 1. The highest BCUT2D eigenvalue weighted by atomic mass is 16.5. The van der Waals surface area contributed by atoms with E-state index in [1.165, 1.54) is 0 Å². The summed E-state index contributed by atoms with van der Waals surface area (Å²) in [5.41, 5.74) is 2.31. The molecule has 14 heavy (non-hydrogen) atoms. The third-order valence-corrected chi connectivity index (χ3v) is 1.99. The number of esters is 1. The molecule has 0 spiro atoms. The second kappa shape index (κ2) is 4.61. The molecule has 2 nitrogen and oxygen atoms in total. The summed E-state index contributed by atoms with van der Waals surface area (Å²) < 4.78 is 4.87. The average Bonchev–Trinajstić information content (AvgIpc) is 2.18. The van der Waals surface area contributed by atoms with Crippen LogP contribution in [-0.2, 0) is 9.53 Å². The molecule has 0 aliphatic carbocycles. The van der Waals surface area contributed by atoms with Crippen molar-refractivity contribution in [2.75, 3.05) is 6.61 Å². The minimum Gasteiger partial charge on any atom is -0.462 e. The van der Waals surface area contributed by atoms with Gasteiger partial charge in [-0.2, -0.15) is 0 Å². The first kappa shape index (κ1) is 10.5. The monoisotopic (exact) mass is 190 g/mol. The summed E-state index contributed by atoms with van der Waals surface area (Å²) >= 11 is 0. The van der Waals surface area contributed by atoms with Crippen molar-refractivity contribution in [2.24, 2.45) is 0 Å². The van der Waals surface area contributed by atoms with Gasteiger partial charge in [0.05, 0.1) is 12.2 Å². The van der Waals surface area contributed by atoms with Crippen molar-refractivity contribution in [2.45, 2.75) is 13.8 Å². The fourth-order valence-electron chi connectivity index (χ4n) is 1.24. The predicted molar refractivity (Wildman–Crippen MR) is 56.8 cm³/mol. The molecule has 0 bridgehead atoms. The summed E-state index contributed by atoms with van der Waals surface area (Å²) in [6, 6.07) is 7.62. The van der Waals surface area contributed by atoms with Gasteiger partial charge in [-0.05, 0) is 25.0 Å². The van der Waals surface area contributed by atoms with Crippen molar-refractivity contribution in [3.05, 3.63) is 42.0 Å². The van der Waals surface area contributed by atoms with Crippen LogP contribution in [0.4, 0.5) is 0 Å². The number of hydrogen-bond donors (Lipinski definition) is 0. The summed E-state index contributed by atoms with van der Waals surface area (Å²) in [5.74, 6) is -0.346. The van der Waals surface area contributed by atoms with Gasteiger partial charge in [0.2, 0.25) is 0 Å². The van der Waals surface area contributed by atoms with Crippen LogP contribution < -0.4 is 0 Å². The van der Waals surface area contributed by atoms with E-state index in [1.54, 1.807) is 6.92 Å². The SMILES string of the molecule is C=C(C(=O)OCC)c1ccccc1C. The van der Waals surface area contributed by atoms with Crippen LogP contribution in [0, 0.1) is 6.92 Å². The van der Waals surface area contributed by atoms with Crippen molar-refractivity contribution >= 4 is 11.5 Å². The molecule has 0 amide bonds. The topological polar surface area (TPSA) is 26.3 Å². The third-order valence-electron chi connectivity index (χ3n) is 1.99. The van der Waals surface area contributed by atoms with E-state index in [4.69, 9.17) is 4.74 Å². The third kappa shape index (κ3) is 2.22. The highest BCUT2D eigenvalue weighted by Crippen LogP contribution is 2.17. The molecule has 1 rings (SSSR count). The molecule has 0 heterocycles. The fraction of sp³-hybridized carbons (Fsp3) is 0.250. The van der Waals surface area contributed by atoms with E-state index in [9.17, 15) is 4.79 Å². The zero-order chi connectivity index (χ0) is 10.6. The number of carbonyl (C=O) groups is 1.